The van der Waals surface area contributed by atoms with E-state index in [0.717, 1.165) is 89.4 Å². The van der Waals surface area contributed by atoms with Crippen molar-refractivity contribution >= 4 is 55.9 Å². The third-order valence-electron chi connectivity index (χ3n) is 8.97. The maximum absolute atomic E-state index is 12.9. The molecule has 38 heavy (non-hydrogen) atoms. The Morgan fingerprint density at radius 2 is 0.895 bits per heavy atom. The van der Waals surface area contributed by atoms with Gasteiger partial charge in [-0.15, -0.1) is 0 Å². The van der Waals surface area contributed by atoms with Gasteiger partial charge in [-0.1, -0.05) is 12.2 Å². The SMILES string of the molecule is CC1=C(C)c2cc3[nH]c(cc4[nH]c(cc5nc(cc1n2)C(C)=C5C)c1c4[C@H]2C=C[C@H]1C(=O)C2=O)c(C)c3C. The molecule has 5 heterocycles. The first-order chi connectivity index (χ1) is 18.1. The molecule has 3 aliphatic carbocycles. The van der Waals surface area contributed by atoms with E-state index in [2.05, 4.69) is 69.7 Å². The highest BCUT2D eigenvalue weighted by Gasteiger charge is 2.44. The number of fused-ring (bicyclic) bond motifs is 9. The lowest BCUT2D eigenvalue weighted by atomic mass is 9.70. The van der Waals surface area contributed by atoms with Crippen LogP contribution in [0.3, 0.4) is 0 Å². The summed E-state index contributed by atoms with van der Waals surface area (Å²) in [7, 11) is 0. The molecule has 8 rings (SSSR count). The van der Waals surface area contributed by atoms with E-state index in [4.69, 9.17) is 9.97 Å². The Bertz CT molecular complexity index is 1930. The normalized spacial score (nSPS) is 20.2. The molecule has 3 aromatic rings. The van der Waals surface area contributed by atoms with Gasteiger partial charge in [-0.2, -0.15) is 0 Å². The Kier molecular flexibility index (Phi) is 4.57. The first-order valence-electron chi connectivity index (χ1n) is 13.0. The Balaban J connectivity index is 1.67. The zero-order valence-electron chi connectivity index (χ0n) is 22.3. The number of aromatic nitrogens is 4. The molecule has 0 amide bonds. The third kappa shape index (κ3) is 2.94. The van der Waals surface area contributed by atoms with Crippen LogP contribution >= 0.6 is 0 Å². The molecule has 0 saturated carbocycles. The van der Waals surface area contributed by atoms with Gasteiger partial charge >= 0.3 is 0 Å². The number of H-pyrrole nitrogens is 2. The van der Waals surface area contributed by atoms with E-state index in [-0.39, 0.29) is 11.6 Å². The van der Waals surface area contributed by atoms with Gasteiger partial charge in [-0.05, 0) is 110 Å². The largest absolute Gasteiger partial charge is 0.355 e. The second kappa shape index (κ2) is 7.60. The molecule has 0 fully saturated rings. The van der Waals surface area contributed by atoms with Gasteiger partial charge in [0.05, 0.1) is 34.6 Å². The van der Waals surface area contributed by atoms with E-state index >= 15 is 0 Å². The fourth-order valence-corrected chi connectivity index (χ4v) is 6.12. The number of carbonyl (C=O) groups excluding carboxylic acids is 2. The van der Waals surface area contributed by atoms with Crippen molar-refractivity contribution in [2.24, 2.45) is 0 Å². The molecule has 6 nitrogen and oxygen atoms in total. The Labute approximate surface area is 220 Å². The minimum absolute atomic E-state index is 0.330. The van der Waals surface area contributed by atoms with E-state index in [9.17, 15) is 9.59 Å². The minimum Gasteiger partial charge on any atom is -0.355 e. The number of hydrogen-bond acceptors (Lipinski definition) is 4. The predicted octanol–water partition coefficient (Wildman–Crippen LogP) is 6.72. The van der Waals surface area contributed by atoms with Crippen LogP contribution in [0.25, 0.3) is 44.4 Å². The average Bonchev–Trinajstić information content (AvgIpc) is 3.56. The van der Waals surface area contributed by atoms with Gasteiger partial charge in [0.2, 0.25) is 11.6 Å². The number of rotatable bonds is 0. The van der Waals surface area contributed by atoms with Crippen molar-refractivity contribution in [2.45, 2.75) is 53.4 Å². The maximum Gasteiger partial charge on any atom is 0.210 e. The number of ketones is 2. The Morgan fingerprint density at radius 1 is 0.526 bits per heavy atom. The summed E-state index contributed by atoms with van der Waals surface area (Å²) in [6, 6.07) is 8.29. The lowest BCUT2D eigenvalue weighted by Gasteiger charge is -2.28. The van der Waals surface area contributed by atoms with Crippen molar-refractivity contribution in [3.05, 3.63) is 81.4 Å². The van der Waals surface area contributed by atoms with Crippen LogP contribution in [0.2, 0.25) is 0 Å². The molecule has 5 aliphatic rings. The molecule has 0 saturated heterocycles. The first kappa shape index (κ1) is 22.8. The molecule has 0 radical (unpaired) electrons. The summed E-state index contributed by atoms with van der Waals surface area (Å²) in [6.07, 6.45) is 3.76. The van der Waals surface area contributed by atoms with Gasteiger partial charge in [0, 0.05) is 22.1 Å². The lowest BCUT2D eigenvalue weighted by molar-refractivity contribution is -0.138. The summed E-state index contributed by atoms with van der Waals surface area (Å²) >= 11 is 0. The van der Waals surface area contributed by atoms with Crippen molar-refractivity contribution in [2.75, 3.05) is 0 Å². The average molecular weight is 501 g/mol. The third-order valence-corrected chi connectivity index (χ3v) is 8.97. The van der Waals surface area contributed by atoms with E-state index in [1.807, 2.05) is 18.2 Å². The van der Waals surface area contributed by atoms with Crippen molar-refractivity contribution < 1.29 is 9.59 Å². The highest BCUT2D eigenvalue weighted by Crippen LogP contribution is 2.46. The van der Waals surface area contributed by atoms with Crippen molar-refractivity contribution in [3.8, 4) is 0 Å². The highest BCUT2D eigenvalue weighted by molar-refractivity contribution is 6.44. The van der Waals surface area contributed by atoms with Gasteiger partial charge in [0.15, 0.2) is 0 Å². The summed E-state index contributed by atoms with van der Waals surface area (Å²) in [5.74, 6) is -1.79. The number of nitrogens with one attached hydrogen (secondary N) is 2. The number of Topliss-reactive ketones (excluding diaryl/α,β-unsaturated/α-hetero) is 2. The Morgan fingerprint density at radius 3 is 1.39 bits per heavy atom. The van der Waals surface area contributed by atoms with Crippen LogP contribution in [0.1, 0.15) is 84.6 Å². The zero-order chi connectivity index (χ0) is 26.6. The van der Waals surface area contributed by atoms with E-state index in [1.54, 1.807) is 0 Å². The molecule has 2 N–H and O–H groups in total. The lowest BCUT2D eigenvalue weighted by Crippen LogP contribution is -2.35. The van der Waals surface area contributed by atoms with Gasteiger partial charge in [-0.25, -0.2) is 9.97 Å². The summed E-state index contributed by atoms with van der Waals surface area (Å²) < 4.78 is 0. The van der Waals surface area contributed by atoms with Crippen LogP contribution in [0.15, 0.2) is 36.4 Å². The van der Waals surface area contributed by atoms with Crippen LogP contribution in [0.4, 0.5) is 0 Å². The first-order valence-corrected chi connectivity index (χ1v) is 13.0. The minimum atomic E-state index is -0.566. The molecule has 3 aromatic heterocycles. The number of hydrogen-bond donors (Lipinski definition) is 2. The van der Waals surface area contributed by atoms with E-state index in [0.29, 0.717) is 0 Å². The van der Waals surface area contributed by atoms with Crippen LogP contribution in [0.5, 0.6) is 0 Å². The molecule has 0 aromatic carbocycles. The number of aromatic amines is 2. The second-order valence-corrected chi connectivity index (χ2v) is 10.9. The molecule has 6 heteroatoms. The fourth-order valence-electron chi connectivity index (χ4n) is 6.12. The quantitative estimate of drug-likeness (QED) is 0.265. The van der Waals surface area contributed by atoms with Gasteiger partial charge < -0.3 is 9.97 Å². The van der Waals surface area contributed by atoms with Gasteiger partial charge in [0.25, 0.3) is 0 Å². The van der Waals surface area contributed by atoms with E-state index < -0.39 is 11.8 Å². The summed E-state index contributed by atoms with van der Waals surface area (Å²) in [4.78, 5) is 43.0. The van der Waals surface area contributed by atoms with Crippen molar-refractivity contribution in [1.29, 1.82) is 0 Å². The highest BCUT2D eigenvalue weighted by atomic mass is 16.2. The van der Waals surface area contributed by atoms with Gasteiger partial charge in [0.1, 0.15) is 0 Å². The topological polar surface area (TPSA) is 91.5 Å². The molecule has 188 valence electrons. The smallest absolute Gasteiger partial charge is 0.210 e. The van der Waals surface area contributed by atoms with Crippen LogP contribution in [-0.2, 0) is 9.59 Å². The Hall–Kier alpha value is -4.32. The van der Waals surface area contributed by atoms with E-state index in [1.165, 1.54) is 0 Å². The predicted molar refractivity (Wildman–Crippen MR) is 151 cm³/mol. The number of nitrogens with zero attached hydrogens (tertiary/aromatic N) is 2. The van der Waals surface area contributed by atoms with Crippen LogP contribution < -0.4 is 0 Å². The summed E-state index contributed by atoms with van der Waals surface area (Å²) in [6.45, 7) is 12.6. The molecule has 10 bridgehead atoms. The number of allylic oxidation sites excluding steroid dienone is 6. The number of aryl methyl sites for hydroxylation is 2. The second-order valence-electron chi connectivity index (χ2n) is 10.9. The van der Waals surface area contributed by atoms with Gasteiger partial charge in [-0.3, -0.25) is 9.59 Å². The van der Waals surface area contributed by atoms with Crippen LogP contribution in [-0.4, -0.2) is 31.5 Å². The standard InChI is InChI=1S/C32H28N4O2/c1-13-14(2)22-10-24-16(4)18(6)26(35-24)12-28-30-20-8-7-19(31(37)32(20)38)29(30)27(36-28)11-25-17(5)15(3)23(34-25)9-21(13)33-22/h7-12,19-20,34,36H,1-6H3/t19-,20-/m1/s1. The van der Waals surface area contributed by atoms with Crippen molar-refractivity contribution in [1.82, 2.24) is 19.9 Å². The molecule has 2 aliphatic heterocycles. The molecular formula is C32H28N4O2. The summed E-state index contributed by atoms with van der Waals surface area (Å²) in [5, 5.41) is 0. The monoisotopic (exact) mass is 500 g/mol. The molecule has 0 unspecified atom stereocenters. The molecular weight excluding hydrogens is 472 g/mol. The maximum atomic E-state index is 12.9. The number of carbonyl (C=O) groups is 2. The summed E-state index contributed by atoms with van der Waals surface area (Å²) in [5.41, 5.74) is 15.8. The molecule has 2 atom stereocenters. The van der Waals surface area contributed by atoms with Crippen LogP contribution in [0, 0.1) is 13.8 Å². The zero-order valence-corrected chi connectivity index (χ0v) is 22.3. The van der Waals surface area contributed by atoms with Crippen molar-refractivity contribution in [3.63, 3.8) is 0 Å². The fraction of sp³-hybridized carbons (Fsp3) is 0.250. The molecule has 0 spiro atoms.